The molecule has 0 aliphatic carbocycles. The van der Waals surface area contributed by atoms with E-state index in [0.29, 0.717) is 12.1 Å². The predicted molar refractivity (Wildman–Crippen MR) is 73.0 cm³/mol. The number of alkyl halides is 3. The smallest absolute Gasteiger partial charge is 0.406 e. The van der Waals surface area contributed by atoms with Crippen LogP contribution in [0.3, 0.4) is 0 Å². The zero-order valence-corrected chi connectivity index (χ0v) is 11.7. The van der Waals surface area contributed by atoms with Gasteiger partial charge >= 0.3 is 6.36 Å². The second kappa shape index (κ2) is 5.85. The van der Waals surface area contributed by atoms with Crippen molar-refractivity contribution < 1.29 is 17.9 Å². The number of halogens is 3. The largest absolute Gasteiger partial charge is 0.573 e. The van der Waals surface area contributed by atoms with Gasteiger partial charge in [-0.3, -0.25) is 4.90 Å². The quantitative estimate of drug-likeness (QED) is 0.929. The third kappa shape index (κ3) is 4.11. The number of hydrogen-bond donors (Lipinski definition) is 1. The number of ether oxygens (including phenoxy) is 1. The molecule has 0 saturated carbocycles. The van der Waals surface area contributed by atoms with Crippen molar-refractivity contribution >= 4 is 0 Å². The molecule has 2 atom stereocenters. The van der Waals surface area contributed by atoms with Crippen molar-refractivity contribution in [3.05, 3.63) is 29.8 Å². The molecule has 0 spiro atoms. The molecule has 116 valence electrons. The topological polar surface area (TPSA) is 24.5 Å². The third-order valence-electron chi connectivity index (χ3n) is 4.17. The van der Waals surface area contributed by atoms with Gasteiger partial charge in [0.1, 0.15) is 5.75 Å². The molecule has 2 unspecified atom stereocenters. The normalized spacial score (nSPS) is 26.6. The standard InChI is InChI=1S/C15H19F3N2O/c16-15(17,18)21-14-5-1-11(2-6-14)9-20-8-7-12-3-4-13(10-20)19-12/h1-2,5-6,12-13,19H,3-4,7-10H2. The van der Waals surface area contributed by atoms with Crippen molar-refractivity contribution in [3.8, 4) is 5.75 Å². The highest BCUT2D eigenvalue weighted by Crippen LogP contribution is 2.24. The van der Waals surface area contributed by atoms with Crippen LogP contribution < -0.4 is 10.1 Å². The van der Waals surface area contributed by atoms with Crippen LogP contribution in [-0.4, -0.2) is 36.4 Å². The number of nitrogens with zero attached hydrogens (tertiary/aromatic N) is 1. The Morgan fingerprint density at radius 1 is 1.10 bits per heavy atom. The summed E-state index contributed by atoms with van der Waals surface area (Å²) in [6.07, 6.45) is -0.996. The molecule has 21 heavy (non-hydrogen) atoms. The Balaban J connectivity index is 1.57. The van der Waals surface area contributed by atoms with Crippen LogP contribution in [0.5, 0.6) is 5.75 Å². The molecule has 0 amide bonds. The van der Waals surface area contributed by atoms with E-state index >= 15 is 0 Å². The number of rotatable bonds is 3. The first kappa shape index (κ1) is 14.7. The van der Waals surface area contributed by atoms with E-state index in [-0.39, 0.29) is 5.75 Å². The number of likely N-dealkylation sites (tertiary alicyclic amines) is 1. The van der Waals surface area contributed by atoms with E-state index in [0.717, 1.165) is 31.6 Å². The van der Waals surface area contributed by atoms with E-state index in [1.165, 1.54) is 25.0 Å². The Morgan fingerprint density at radius 2 is 1.81 bits per heavy atom. The molecule has 2 heterocycles. The molecule has 1 aromatic carbocycles. The van der Waals surface area contributed by atoms with E-state index in [4.69, 9.17) is 0 Å². The lowest BCUT2D eigenvalue weighted by Crippen LogP contribution is -2.34. The maximum absolute atomic E-state index is 12.1. The molecule has 2 bridgehead atoms. The Bertz CT molecular complexity index is 475. The first-order valence-corrected chi connectivity index (χ1v) is 7.31. The van der Waals surface area contributed by atoms with E-state index in [1.54, 1.807) is 12.1 Å². The summed E-state index contributed by atoms with van der Waals surface area (Å²) < 4.78 is 40.2. The van der Waals surface area contributed by atoms with Gasteiger partial charge in [-0.1, -0.05) is 12.1 Å². The average Bonchev–Trinajstić information content (AvgIpc) is 2.73. The summed E-state index contributed by atoms with van der Waals surface area (Å²) in [5.41, 5.74) is 1.02. The van der Waals surface area contributed by atoms with Gasteiger partial charge in [-0.2, -0.15) is 0 Å². The van der Waals surface area contributed by atoms with Gasteiger partial charge in [-0.25, -0.2) is 0 Å². The molecule has 0 radical (unpaired) electrons. The molecule has 1 N–H and O–H groups in total. The van der Waals surface area contributed by atoms with Crippen LogP contribution in [0.4, 0.5) is 13.2 Å². The molecule has 0 aromatic heterocycles. The summed E-state index contributed by atoms with van der Waals surface area (Å²) in [6, 6.07) is 7.37. The Kier molecular flexibility index (Phi) is 4.08. The maximum atomic E-state index is 12.1. The van der Waals surface area contributed by atoms with Crippen molar-refractivity contribution in [1.29, 1.82) is 0 Å². The minimum Gasteiger partial charge on any atom is -0.406 e. The highest BCUT2D eigenvalue weighted by molar-refractivity contribution is 5.27. The number of benzene rings is 1. The zero-order chi connectivity index (χ0) is 14.9. The fraction of sp³-hybridized carbons (Fsp3) is 0.600. The van der Waals surface area contributed by atoms with Crippen molar-refractivity contribution in [1.82, 2.24) is 10.2 Å². The lowest BCUT2D eigenvalue weighted by atomic mass is 10.1. The Labute approximate surface area is 122 Å². The predicted octanol–water partition coefficient (Wildman–Crippen LogP) is 2.91. The molecular weight excluding hydrogens is 281 g/mol. The molecule has 2 fully saturated rings. The van der Waals surface area contributed by atoms with Crippen LogP contribution >= 0.6 is 0 Å². The monoisotopic (exact) mass is 300 g/mol. The van der Waals surface area contributed by atoms with Crippen LogP contribution in [0, 0.1) is 0 Å². The third-order valence-corrected chi connectivity index (χ3v) is 4.17. The summed E-state index contributed by atoms with van der Waals surface area (Å²) in [4.78, 5) is 2.37. The zero-order valence-electron chi connectivity index (χ0n) is 11.7. The molecular formula is C15H19F3N2O. The van der Waals surface area contributed by atoms with Crippen molar-refractivity contribution in [2.45, 2.75) is 44.3 Å². The number of hydrogen-bond acceptors (Lipinski definition) is 3. The lowest BCUT2D eigenvalue weighted by Gasteiger charge is -2.24. The van der Waals surface area contributed by atoms with Crippen LogP contribution in [0.15, 0.2) is 24.3 Å². The van der Waals surface area contributed by atoms with E-state index in [2.05, 4.69) is 15.0 Å². The van der Waals surface area contributed by atoms with Crippen molar-refractivity contribution in [2.75, 3.05) is 13.1 Å². The Morgan fingerprint density at radius 3 is 2.52 bits per heavy atom. The lowest BCUT2D eigenvalue weighted by molar-refractivity contribution is -0.274. The van der Waals surface area contributed by atoms with Crippen LogP contribution in [0.25, 0.3) is 0 Å². The first-order valence-electron chi connectivity index (χ1n) is 7.31. The second-order valence-electron chi connectivity index (χ2n) is 5.85. The molecule has 6 heteroatoms. The van der Waals surface area contributed by atoms with E-state index in [9.17, 15) is 13.2 Å². The van der Waals surface area contributed by atoms with Crippen LogP contribution in [0.1, 0.15) is 24.8 Å². The minimum absolute atomic E-state index is 0.164. The van der Waals surface area contributed by atoms with E-state index < -0.39 is 6.36 Å². The highest BCUT2D eigenvalue weighted by atomic mass is 19.4. The van der Waals surface area contributed by atoms with Crippen LogP contribution in [-0.2, 0) is 6.54 Å². The van der Waals surface area contributed by atoms with Gasteiger partial charge in [-0.05, 0) is 37.0 Å². The van der Waals surface area contributed by atoms with Gasteiger partial charge in [0.2, 0.25) is 0 Å². The summed E-state index contributed by atoms with van der Waals surface area (Å²) in [5.74, 6) is -0.164. The number of fused-ring (bicyclic) bond motifs is 2. The number of nitrogens with one attached hydrogen (secondary N) is 1. The molecule has 2 aliphatic rings. The minimum atomic E-state index is -4.63. The summed E-state index contributed by atoms with van der Waals surface area (Å²) in [6.45, 7) is 2.82. The fourth-order valence-corrected chi connectivity index (χ4v) is 3.21. The summed E-state index contributed by atoms with van der Waals surface area (Å²) in [7, 11) is 0. The molecule has 2 saturated heterocycles. The van der Waals surface area contributed by atoms with E-state index in [1.807, 2.05) is 0 Å². The van der Waals surface area contributed by atoms with Gasteiger partial charge in [0, 0.05) is 31.7 Å². The van der Waals surface area contributed by atoms with Gasteiger partial charge < -0.3 is 10.1 Å². The summed E-state index contributed by atoms with van der Waals surface area (Å²) in [5, 5.41) is 3.62. The first-order chi connectivity index (χ1) is 9.98. The maximum Gasteiger partial charge on any atom is 0.573 e. The molecule has 1 aromatic rings. The van der Waals surface area contributed by atoms with Gasteiger partial charge in [0.15, 0.2) is 0 Å². The molecule has 3 nitrogen and oxygen atoms in total. The van der Waals surface area contributed by atoms with Gasteiger partial charge in [0.05, 0.1) is 0 Å². The second-order valence-corrected chi connectivity index (χ2v) is 5.85. The SMILES string of the molecule is FC(F)(F)Oc1ccc(CN2CCC3CCC(C2)N3)cc1. The van der Waals surface area contributed by atoms with Gasteiger partial charge in [0.25, 0.3) is 0 Å². The van der Waals surface area contributed by atoms with Crippen molar-refractivity contribution in [3.63, 3.8) is 0 Å². The van der Waals surface area contributed by atoms with Crippen molar-refractivity contribution in [2.24, 2.45) is 0 Å². The summed E-state index contributed by atoms with van der Waals surface area (Å²) >= 11 is 0. The Hall–Kier alpha value is -1.27. The fourth-order valence-electron chi connectivity index (χ4n) is 3.21. The van der Waals surface area contributed by atoms with Gasteiger partial charge in [-0.15, -0.1) is 13.2 Å². The van der Waals surface area contributed by atoms with Crippen LogP contribution in [0.2, 0.25) is 0 Å². The molecule has 3 rings (SSSR count). The highest BCUT2D eigenvalue weighted by Gasteiger charge is 2.31. The molecule has 2 aliphatic heterocycles. The average molecular weight is 300 g/mol.